The van der Waals surface area contributed by atoms with E-state index in [1.807, 2.05) is 0 Å². The van der Waals surface area contributed by atoms with Crippen molar-refractivity contribution >= 4 is 5.97 Å². The summed E-state index contributed by atoms with van der Waals surface area (Å²) >= 11 is 0. The summed E-state index contributed by atoms with van der Waals surface area (Å²) in [4.78, 5) is 14.3. The second-order valence-electron chi connectivity index (χ2n) is 3.06. The minimum absolute atomic E-state index is 0.184. The number of ether oxygens (including phenoxy) is 1. The van der Waals surface area contributed by atoms with Crippen molar-refractivity contribution in [2.75, 3.05) is 0 Å². The molecule has 0 aliphatic heterocycles. The molecule has 0 bridgehead atoms. The van der Waals surface area contributed by atoms with Crippen LogP contribution in [0.25, 0.3) is 0 Å². The lowest BCUT2D eigenvalue weighted by atomic mass is 10.5. The Bertz CT molecular complexity index is 481. The molecule has 2 aromatic rings. The average Bonchev–Trinajstić information content (AvgIpc) is 2.66. The number of aliphatic carboxylic acids is 1. The molecular weight excluding hydrogens is 210 g/mol. The second-order valence-corrected chi connectivity index (χ2v) is 3.06. The lowest BCUT2D eigenvalue weighted by Gasteiger charge is -2.00. The molecule has 0 aliphatic carbocycles. The second kappa shape index (κ2) is 4.43. The van der Waals surface area contributed by atoms with Gasteiger partial charge in [-0.1, -0.05) is 0 Å². The van der Waals surface area contributed by atoms with Crippen molar-refractivity contribution in [1.29, 1.82) is 0 Å². The van der Waals surface area contributed by atoms with E-state index in [0.29, 0.717) is 11.5 Å². The van der Waals surface area contributed by atoms with E-state index < -0.39 is 5.97 Å². The molecule has 82 valence electrons. The van der Waals surface area contributed by atoms with E-state index in [1.54, 1.807) is 24.5 Å². The first-order valence-corrected chi connectivity index (χ1v) is 4.56. The SMILES string of the molecule is O=C(O)Cn1cc(Oc2cccnc2)cn1. The van der Waals surface area contributed by atoms with Gasteiger partial charge in [0.2, 0.25) is 0 Å². The van der Waals surface area contributed by atoms with Crippen LogP contribution in [0, 0.1) is 0 Å². The highest BCUT2D eigenvalue weighted by atomic mass is 16.5. The van der Waals surface area contributed by atoms with Gasteiger partial charge in [-0.25, -0.2) is 0 Å². The van der Waals surface area contributed by atoms with Gasteiger partial charge in [0.05, 0.1) is 18.6 Å². The topological polar surface area (TPSA) is 77.2 Å². The molecular formula is C10H9N3O3. The van der Waals surface area contributed by atoms with Crippen LogP contribution >= 0.6 is 0 Å². The van der Waals surface area contributed by atoms with Crippen molar-refractivity contribution in [3.05, 3.63) is 36.9 Å². The third-order valence-electron chi connectivity index (χ3n) is 1.78. The van der Waals surface area contributed by atoms with Gasteiger partial charge in [0.15, 0.2) is 5.75 Å². The Morgan fingerprint density at radius 1 is 1.44 bits per heavy atom. The highest BCUT2D eigenvalue weighted by Crippen LogP contribution is 2.18. The summed E-state index contributed by atoms with van der Waals surface area (Å²) < 4.78 is 6.69. The normalized spacial score (nSPS) is 10.0. The monoisotopic (exact) mass is 219 g/mol. The molecule has 0 saturated heterocycles. The van der Waals surface area contributed by atoms with Crippen LogP contribution in [0.2, 0.25) is 0 Å². The Labute approximate surface area is 91.1 Å². The summed E-state index contributed by atoms with van der Waals surface area (Å²) in [5.74, 6) is 0.114. The van der Waals surface area contributed by atoms with Gasteiger partial charge in [-0.15, -0.1) is 0 Å². The fourth-order valence-electron chi connectivity index (χ4n) is 1.17. The third kappa shape index (κ3) is 2.57. The fraction of sp³-hybridized carbons (Fsp3) is 0.100. The molecule has 2 rings (SSSR count). The van der Waals surface area contributed by atoms with Gasteiger partial charge in [-0.05, 0) is 12.1 Å². The molecule has 0 saturated carbocycles. The van der Waals surface area contributed by atoms with E-state index in [4.69, 9.17) is 9.84 Å². The minimum atomic E-state index is -0.948. The maximum Gasteiger partial charge on any atom is 0.325 e. The first-order chi connectivity index (χ1) is 7.74. The average molecular weight is 219 g/mol. The van der Waals surface area contributed by atoms with Crippen LogP contribution in [0.1, 0.15) is 0 Å². The Kier molecular flexibility index (Phi) is 2.81. The lowest BCUT2D eigenvalue weighted by Crippen LogP contribution is -2.08. The van der Waals surface area contributed by atoms with E-state index in [-0.39, 0.29) is 6.54 Å². The summed E-state index contributed by atoms with van der Waals surface area (Å²) in [5, 5.41) is 12.4. The maximum absolute atomic E-state index is 10.4. The minimum Gasteiger partial charge on any atom is -0.480 e. The molecule has 0 radical (unpaired) electrons. The number of hydrogen-bond donors (Lipinski definition) is 1. The molecule has 1 N–H and O–H groups in total. The fourth-order valence-corrected chi connectivity index (χ4v) is 1.17. The van der Waals surface area contributed by atoms with E-state index in [0.717, 1.165) is 0 Å². The van der Waals surface area contributed by atoms with E-state index in [1.165, 1.54) is 17.1 Å². The molecule has 2 aromatic heterocycles. The summed E-state index contributed by atoms with van der Waals surface area (Å²) in [5.41, 5.74) is 0. The van der Waals surface area contributed by atoms with Crippen molar-refractivity contribution in [2.45, 2.75) is 6.54 Å². The molecule has 6 nitrogen and oxygen atoms in total. The van der Waals surface area contributed by atoms with Crippen LogP contribution in [0.4, 0.5) is 0 Å². The van der Waals surface area contributed by atoms with Crippen molar-refractivity contribution in [2.24, 2.45) is 0 Å². The van der Waals surface area contributed by atoms with Crippen LogP contribution in [0.3, 0.4) is 0 Å². The molecule has 0 fully saturated rings. The van der Waals surface area contributed by atoms with Crippen molar-refractivity contribution in [3.63, 3.8) is 0 Å². The summed E-state index contributed by atoms with van der Waals surface area (Å²) in [6.07, 6.45) is 6.17. The van der Waals surface area contributed by atoms with Gasteiger partial charge in [-0.2, -0.15) is 5.10 Å². The largest absolute Gasteiger partial charge is 0.480 e. The van der Waals surface area contributed by atoms with Gasteiger partial charge in [0, 0.05) is 6.20 Å². The van der Waals surface area contributed by atoms with Crippen molar-refractivity contribution in [1.82, 2.24) is 14.8 Å². The highest BCUT2D eigenvalue weighted by Gasteiger charge is 2.03. The molecule has 0 atom stereocenters. The number of nitrogens with zero attached hydrogens (tertiary/aromatic N) is 3. The number of carboxylic acid groups (broad SMARTS) is 1. The smallest absolute Gasteiger partial charge is 0.325 e. The van der Waals surface area contributed by atoms with Crippen molar-refractivity contribution < 1.29 is 14.6 Å². The first-order valence-electron chi connectivity index (χ1n) is 4.56. The van der Waals surface area contributed by atoms with Gasteiger partial charge >= 0.3 is 5.97 Å². The lowest BCUT2D eigenvalue weighted by molar-refractivity contribution is -0.137. The van der Waals surface area contributed by atoms with Gasteiger partial charge < -0.3 is 9.84 Å². The third-order valence-corrected chi connectivity index (χ3v) is 1.78. The molecule has 6 heteroatoms. The van der Waals surface area contributed by atoms with Crippen LogP contribution < -0.4 is 4.74 Å². The van der Waals surface area contributed by atoms with Crippen LogP contribution in [-0.4, -0.2) is 25.8 Å². The Morgan fingerprint density at radius 3 is 3.00 bits per heavy atom. The predicted molar refractivity (Wildman–Crippen MR) is 54.2 cm³/mol. The first kappa shape index (κ1) is 10.2. The molecule has 0 aromatic carbocycles. The Balaban J connectivity index is 2.06. The molecule has 0 amide bonds. The standard InChI is InChI=1S/C10H9N3O3/c14-10(15)7-13-6-9(5-12-13)16-8-2-1-3-11-4-8/h1-6H,7H2,(H,14,15). The zero-order chi connectivity index (χ0) is 11.4. The van der Waals surface area contributed by atoms with E-state index in [9.17, 15) is 4.79 Å². The zero-order valence-electron chi connectivity index (χ0n) is 8.28. The molecule has 16 heavy (non-hydrogen) atoms. The van der Waals surface area contributed by atoms with Crippen LogP contribution in [0.5, 0.6) is 11.5 Å². The molecule has 0 unspecified atom stereocenters. The number of hydrogen-bond acceptors (Lipinski definition) is 4. The van der Waals surface area contributed by atoms with Gasteiger partial charge in [0.25, 0.3) is 0 Å². The molecule has 0 aliphatic rings. The number of pyridine rings is 1. The summed E-state index contributed by atoms with van der Waals surface area (Å²) in [6, 6.07) is 3.50. The van der Waals surface area contributed by atoms with Crippen LogP contribution in [0.15, 0.2) is 36.9 Å². The highest BCUT2D eigenvalue weighted by molar-refractivity contribution is 5.66. The predicted octanol–water partition coefficient (Wildman–Crippen LogP) is 1.16. The van der Waals surface area contributed by atoms with Gasteiger partial charge in [-0.3, -0.25) is 14.5 Å². The quantitative estimate of drug-likeness (QED) is 0.834. The Hall–Kier alpha value is -2.37. The summed E-state index contributed by atoms with van der Waals surface area (Å²) in [7, 11) is 0. The van der Waals surface area contributed by atoms with Crippen molar-refractivity contribution in [3.8, 4) is 11.5 Å². The number of aromatic nitrogens is 3. The molecule has 0 spiro atoms. The van der Waals surface area contributed by atoms with Gasteiger partial charge in [0.1, 0.15) is 12.3 Å². The number of rotatable bonds is 4. The van der Waals surface area contributed by atoms with Crippen LogP contribution in [-0.2, 0) is 11.3 Å². The Morgan fingerprint density at radius 2 is 2.31 bits per heavy atom. The summed E-state index contributed by atoms with van der Waals surface area (Å²) in [6.45, 7) is -0.184. The number of carboxylic acids is 1. The number of carbonyl (C=O) groups is 1. The van der Waals surface area contributed by atoms with E-state index in [2.05, 4.69) is 10.1 Å². The zero-order valence-corrected chi connectivity index (χ0v) is 8.28. The van der Waals surface area contributed by atoms with E-state index >= 15 is 0 Å². The molecule has 2 heterocycles. The maximum atomic E-state index is 10.4.